The summed E-state index contributed by atoms with van der Waals surface area (Å²) in [6.07, 6.45) is 0.417. The van der Waals surface area contributed by atoms with E-state index in [4.69, 9.17) is 23.2 Å². The molecule has 3 N–H and O–H groups in total. The lowest BCUT2D eigenvalue weighted by atomic mass is 10.0. The minimum absolute atomic E-state index is 0.111. The third-order valence-corrected chi connectivity index (χ3v) is 6.67. The zero-order valence-corrected chi connectivity index (χ0v) is 21.1. The Balaban J connectivity index is 1.39. The predicted octanol–water partition coefficient (Wildman–Crippen LogP) is 4.53. The molecule has 3 amide bonds. The summed E-state index contributed by atoms with van der Waals surface area (Å²) < 4.78 is 0. The Morgan fingerprint density at radius 2 is 1.89 bits per heavy atom. The molecular formula is C26H29Cl2N5O2. The molecular weight excluding hydrogens is 485 g/mol. The van der Waals surface area contributed by atoms with E-state index in [0.29, 0.717) is 36.2 Å². The van der Waals surface area contributed by atoms with E-state index < -0.39 is 0 Å². The predicted molar refractivity (Wildman–Crippen MR) is 140 cm³/mol. The number of nitrogens with zero attached hydrogens (tertiary/aromatic N) is 2. The number of urea groups is 1. The fraction of sp³-hybridized carbons (Fsp3) is 0.308. The minimum atomic E-state index is -0.334. The first-order chi connectivity index (χ1) is 17.0. The smallest absolute Gasteiger partial charge is 0.332 e. The number of halogens is 2. The highest BCUT2D eigenvalue weighted by Crippen LogP contribution is 2.22. The van der Waals surface area contributed by atoms with Gasteiger partial charge in [0, 0.05) is 26.2 Å². The number of nitrogens with one attached hydrogen (secondary N) is 3. The van der Waals surface area contributed by atoms with Crippen LogP contribution in [0.5, 0.6) is 0 Å². The van der Waals surface area contributed by atoms with Crippen LogP contribution in [0.2, 0.25) is 10.0 Å². The van der Waals surface area contributed by atoms with Crippen LogP contribution >= 0.6 is 23.2 Å². The van der Waals surface area contributed by atoms with E-state index in [-0.39, 0.29) is 24.6 Å². The summed E-state index contributed by atoms with van der Waals surface area (Å²) in [7, 11) is 0. The Kier molecular flexibility index (Phi) is 8.46. The van der Waals surface area contributed by atoms with Gasteiger partial charge in [0.2, 0.25) is 5.91 Å². The SMILES string of the molecule is CCCN(C(=O)NCc1ccc(Cl)c(Cl)c1)N1CC(=O)N[C@@H]1CNCc1cccc2ccccc12. The number of hydrogen-bond acceptors (Lipinski definition) is 4. The molecule has 9 heteroatoms. The summed E-state index contributed by atoms with van der Waals surface area (Å²) in [5, 5.41) is 16.1. The number of carbonyl (C=O) groups excluding carboxylic acids is 2. The fourth-order valence-corrected chi connectivity index (χ4v) is 4.56. The van der Waals surface area contributed by atoms with Crippen molar-refractivity contribution in [2.24, 2.45) is 0 Å². The highest BCUT2D eigenvalue weighted by Gasteiger charge is 2.35. The van der Waals surface area contributed by atoms with Crippen molar-refractivity contribution in [1.29, 1.82) is 0 Å². The molecule has 1 saturated heterocycles. The van der Waals surface area contributed by atoms with Gasteiger partial charge < -0.3 is 16.0 Å². The van der Waals surface area contributed by atoms with Gasteiger partial charge in [-0.25, -0.2) is 4.79 Å². The number of carbonyl (C=O) groups is 2. The second-order valence-electron chi connectivity index (χ2n) is 8.48. The number of hydrogen-bond donors (Lipinski definition) is 3. The Morgan fingerprint density at radius 1 is 1.09 bits per heavy atom. The quantitative estimate of drug-likeness (QED) is 0.392. The standard InChI is InChI=1S/C26H29Cl2N5O2/c1-2-12-32(26(35)30-14-18-10-11-22(27)23(28)13-18)33-17-25(34)31-24(33)16-29-15-20-8-5-7-19-6-3-4-9-21(19)20/h3-11,13,24,29H,2,12,14-17H2,1H3,(H,30,35)(H,31,34)/t24-/m0/s1. The summed E-state index contributed by atoms with van der Waals surface area (Å²) in [6.45, 7) is 4.06. The van der Waals surface area contributed by atoms with Crippen LogP contribution in [-0.4, -0.2) is 47.8 Å². The zero-order chi connectivity index (χ0) is 24.8. The maximum Gasteiger partial charge on any atom is 0.332 e. The number of fused-ring (bicyclic) bond motifs is 1. The van der Waals surface area contributed by atoms with E-state index in [9.17, 15) is 9.59 Å². The third-order valence-electron chi connectivity index (χ3n) is 5.93. The van der Waals surface area contributed by atoms with Crippen LogP contribution in [0.15, 0.2) is 60.7 Å². The molecule has 0 bridgehead atoms. The van der Waals surface area contributed by atoms with Crippen molar-refractivity contribution >= 4 is 45.9 Å². The van der Waals surface area contributed by atoms with Crippen molar-refractivity contribution in [1.82, 2.24) is 26.0 Å². The molecule has 1 fully saturated rings. The van der Waals surface area contributed by atoms with Crippen molar-refractivity contribution in [3.8, 4) is 0 Å². The largest absolute Gasteiger partial charge is 0.337 e. The van der Waals surface area contributed by atoms with Gasteiger partial charge in [-0.2, -0.15) is 5.01 Å². The number of benzene rings is 3. The Hall–Kier alpha value is -2.84. The molecule has 35 heavy (non-hydrogen) atoms. The van der Waals surface area contributed by atoms with Gasteiger partial charge in [0.25, 0.3) is 0 Å². The van der Waals surface area contributed by atoms with Gasteiger partial charge in [0.05, 0.1) is 16.6 Å². The number of rotatable bonds is 9. The van der Waals surface area contributed by atoms with Gasteiger partial charge in [-0.05, 0) is 40.5 Å². The van der Waals surface area contributed by atoms with E-state index in [0.717, 1.165) is 12.0 Å². The monoisotopic (exact) mass is 513 g/mol. The van der Waals surface area contributed by atoms with Gasteiger partial charge >= 0.3 is 6.03 Å². The first-order valence-corrected chi connectivity index (χ1v) is 12.4. The van der Waals surface area contributed by atoms with Crippen LogP contribution in [0.3, 0.4) is 0 Å². The van der Waals surface area contributed by atoms with Gasteiger partial charge in [-0.3, -0.25) is 9.80 Å². The van der Waals surface area contributed by atoms with Crippen molar-refractivity contribution in [3.63, 3.8) is 0 Å². The maximum atomic E-state index is 13.1. The second-order valence-corrected chi connectivity index (χ2v) is 9.29. The molecule has 1 aliphatic heterocycles. The molecule has 0 aromatic heterocycles. The molecule has 7 nitrogen and oxygen atoms in total. The minimum Gasteiger partial charge on any atom is -0.337 e. The first-order valence-electron chi connectivity index (χ1n) is 11.7. The van der Waals surface area contributed by atoms with Crippen LogP contribution in [0.25, 0.3) is 10.8 Å². The van der Waals surface area contributed by atoms with Gasteiger partial charge in [0.15, 0.2) is 0 Å². The van der Waals surface area contributed by atoms with Crippen molar-refractivity contribution in [3.05, 3.63) is 81.8 Å². The Bertz CT molecular complexity index is 1200. The van der Waals surface area contributed by atoms with E-state index in [1.807, 2.05) is 31.2 Å². The molecule has 0 saturated carbocycles. The summed E-state index contributed by atoms with van der Waals surface area (Å²) in [6, 6.07) is 19.5. The average Bonchev–Trinajstić information content (AvgIpc) is 3.23. The summed E-state index contributed by atoms with van der Waals surface area (Å²) in [4.78, 5) is 25.4. The lowest BCUT2D eigenvalue weighted by molar-refractivity contribution is -0.119. The van der Waals surface area contributed by atoms with Crippen LogP contribution in [-0.2, 0) is 17.9 Å². The molecule has 0 unspecified atom stereocenters. The van der Waals surface area contributed by atoms with E-state index in [1.54, 1.807) is 22.2 Å². The topological polar surface area (TPSA) is 76.7 Å². The lowest BCUT2D eigenvalue weighted by Crippen LogP contribution is -2.56. The van der Waals surface area contributed by atoms with Crippen molar-refractivity contribution < 1.29 is 9.59 Å². The normalized spacial score (nSPS) is 15.9. The Labute approximate surface area is 215 Å². The molecule has 1 atom stereocenters. The molecule has 0 aliphatic carbocycles. The highest BCUT2D eigenvalue weighted by atomic mass is 35.5. The summed E-state index contributed by atoms with van der Waals surface area (Å²) >= 11 is 12.1. The molecule has 0 radical (unpaired) electrons. The van der Waals surface area contributed by atoms with Gasteiger partial charge in [0.1, 0.15) is 6.17 Å². The molecule has 1 heterocycles. The second kappa shape index (κ2) is 11.7. The van der Waals surface area contributed by atoms with E-state index in [1.165, 1.54) is 16.3 Å². The highest BCUT2D eigenvalue weighted by molar-refractivity contribution is 6.42. The number of hydrazine groups is 1. The van der Waals surface area contributed by atoms with Crippen LogP contribution < -0.4 is 16.0 Å². The average molecular weight is 514 g/mol. The summed E-state index contributed by atoms with van der Waals surface area (Å²) in [5.74, 6) is -0.111. The molecule has 184 valence electrons. The van der Waals surface area contributed by atoms with Crippen LogP contribution in [0.1, 0.15) is 24.5 Å². The summed E-state index contributed by atoms with van der Waals surface area (Å²) in [5.41, 5.74) is 2.02. The van der Waals surface area contributed by atoms with Crippen LogP contribution in [0, 0.1) is 0 Å². The van der Waals surface area contributed by atoms with Crippen molar-refractivity contribution in [2.75, 3.05) is 19.6 Å². The van der Waals surface area contributed by atoms with E-state index in [2.05, 4.69) is 40.2 Å². The molecule has 0 spiro atoms. The third kappa shape index (κ3) is 6.24. The van der Waals surface area contributed by atoms with E-state index >= 15 is 0 Å². The lowest BCUT2D eigenvalue weighted by Gasteiger charge is -2.34. The van der Waals surface area contributed by atoms with Gasteiger partial charge in [-0.15, -0.1) is 0 Å². The fourth-order valence-electron chi connectivity index (χ4n) is 4.24. The number of amides is 3. The molecule has 4 rings (SSSR count). The van der Waals surface area contributed by atoms with Crippen LogP contribution in [0.4, 0.5) is 4.79 Å². The molecule has 3 aromatic carbocycles. The Morgan fingerprint density at radius 3 is 2.69 bits per heavy atom. The van der Waals surface area contributed by atoms with Gasteiger partial charge in [-0.1, -0.05) is 78.7 Å². The zero-order valence-electron chi connectivity index (χ0n) is 19.6. The van der Waals surface area contributed by atoms with Crippen molar-refractivity contribution in [2.45, 2.75) is 32.6 Å². The maximum absolute atomic E-state index is 13.1. The molecule has 3 aromatic rings. The first kappa shape index (κ1) is 25.3. The molecule has 1 aliphatic rings.